The van der Waals surface area contributed by atoms with Gasteiger partial charge in [0.25, 0.3) is 0 Å². The van der Waals surface area contributed by atoms with Crippen LogP contribution in [0, 0.1) is 0 Å². The Kier molecular flexibility index (Phi) is 5.09. The van der Waals surface area contributed by atoms with Crippen molar-refractivity contribution in [3.8, 4) is 5.75 Å². The lowest BCUT2D eigenvalue weighted by molar-refractivity contribution is 0.237. The molecule has 2 rings (SSSR count). The van der Waals surface area contributed by atoms with Crippen molar-refractivity contribution in [2.24, 2.45) is 5.84 Å². The van der Waals surface area contributed by atoms with Crippen LogP contribution in [0.4, 0.5) is 0 Å². The Morgan fingerprint density at radius 2 is 1.85 bits per heavy atom. The molecule has 1 aromatic carbocycles. The molecule has 4 nitrogen and oxygen atoms in total. The fourth-order valence-corrected chi connectivity index (χ4v) is 2.14. The van der Waals surface area contributed by atoms with E-state index in [1.54, 1.807) is 12.4 Å². The summed E-state index contributed by atoms with van der Waals surface area (Å²) < 4.78 is 5.86. The van der Waals surface area contributed by atoms with E-state index in [9.17, 15) is 0 Å². The van der Waals surface area contributed by atoms with Crippen LogP contribution in [-0.2, 0) is 6.42 Å². The second-order valence-electron chi connectivity index (χ2n) is 4.98. The van der Waals surface area contributed by atoms with Crippen LogP contribution in [0.5, 0.6) is 5.75 Å². The van der Waals surface area contributed by atoms with Gasteiger partial charge in [-0.2, -0.15) is 0 Å². The van der Waals surface area contributed by atoms with Crippen molar-refractivity contribution in [2.45, 2.75) is 32.4 Å². The molecule has 1 atom stereocenters. The highest BCUT2D eigenvalue weighted by Gasteiger charge is 2.16. The average molecular weight is 271 g/mol. The molecule has 0 spiro atoms. The van der Waals surface area contributed by atoms with Crippen LogP contribution >= 0.6 is 0 Å². The molecule has 4 heteroatoms. The number of aromatic nitrogens is 1. The Balaban J connectivity index is 2.23. The standard InChI is InChI=1S/C16H21N3O/c1-12(2)20-16-6-4-3-5-14(16)15(19-17)11-13-7-9-18-10-8-13/h3-10,12,15,19H,11,17H2,1-2H3. The lowest BCUT2D eigenvalue weighted by Crippen LogP contribution is -2.30. The van der Waals surface area contributed by atoms with Gasteiger partial charge in [-0.3, -0.25) is 16.3 Å². The summed E-state index contributed by atoms with van der Waals surface area (Å²) in [5, 5.41) is 0. The van der Waals surface area contributed by atoms with Crippen molar-refractivity contribution >= 4 is 0 Å². The topological polar surface area (TPSA) is 60.2 Å². The molecule has 2 aromatic rings. The normalized spacial score (nSPS) is 12.4. The third-order valence-corrected chi connectivity index (χ3v) is 3.05. The molecule has 0 fully saturated rings. The number of benzene rings is 1. The SMILES string of the molecule is CC(C)Oc1ccccc1C(Cc1ccncc1)NN. The van der Waals surface area contributed by atoms with Crippen LogP contribution in [0.2, 0.25) is 0 Å². The van der Waals surface area contributed by atoms with Crippen LogP contribution in [0.15, 0.2) is 48.8 Å². The average Bonchev–Trinajstić information content (AvgIpc) is 2.46. The first kappa shape index (κ1) is 14.5. The maximum Gasteiger partial charge on any atom is 0.124 e. The summed E-state index contributed by atoms with van der Waals surface area (Å²) in [6, 6.07) is 12.0. The molecule has 106 valence electrons. The van der Waals surface area contributed by atoms with Crippen LogP contribution < -0.4 is 16.0 Å². The van der Waals surface area contributed by atoms with Crippen LogP contribution in [0.25, 0.3) is 0 Å². The van der Waals surface area contributed by atoms with E-state index in [-0.39, 0.29) is 12.1 Å². The van der Waals surface area contributed by atoms with E-state index in [0.29, 0.717) is 0 Å². The zero-order chi connectivity index (χ0) is 14.4. The highest BCUT2D eigenvalue weighted by atomic mass is 16.5. The highest BCUT2D eigenvalue weighted by molar-refractivity contribution is 5.37. The second-order valence-corrected chi connectivity index (χ2v) is 4.98. The summed E-state index contributed by atoms with van der Waals surface area (Å²) in [4.78, 5) is 4.03. The zero-order valence-electron chi connectivity index (χ0n) is 11.9. The Bertz CT molecular complexity index is 528. The molecule has 0 aliphatic carbocycles. The van der Waals surface area contributed by atoms with E-state index in [4.69, 9.17) is 10.6 Å². The van der Waals surface area contributed by atoms with Crippen molar-refractivity contribution < 1.29 is 4.74 Å². The van der Waals surface area contributed by atoms with Gasteiger partial charge in [-0.15, -0.1) is 0 Å². The molecule has 1 heterocycles. The van der Waals surface area contributed by atoms with E-state index >= 15 is 0 Å². The van der Waals surface area contributed by atoms with Crippen molar-refractivity contribution in [2.75, 3.05) is 0 Å². The van der Waals surface area contributed by atoms with E-state index in [1.165, 1.54) is 5.56 Å². The Labute approximate surface area is 120 Å². The third kappa shape index (κ3) is 3.79. The van der Waals surface area contributed by atoms with Crippen LogP contribution in [-0.4, -0.2) is 11.1 Å². The molecule has 20 heavy (non-hydrogen) atoms. The van der Waals surface area contributed by atoms with Gasteiger partial charge in [0.2, 0.25) is 0 Å². The van der Waals surface area contributed by atoms with E-state index < -0.39 is 0 Å². The predicted molar refractivity (Wildman–Crippen MR) is 80.2 cm³/mol. The molecular weight excluding hydrogens is 250 g/mol. The van der Waals surface area contributed by atoms with Gasteiger partial charge in [0.15, 0.2) is 0 Å². The Hall–Kier alpha value is -1.91. The third-order valence-electron chi connectivity index (χ3n) is 3.05. The molecule has 0 bridgehead atoms. The zero-order valence-corrected chi connectivity index (χ0v) is 11.9. The number of hydrogen-bond donors (Lipinski definition) is 2. The number of hydrogen-bond acceptors (Lipinski definition) is 4. The number of nitrogens with one attached hydrogen (secondary N) is 1. The number of pyridine rings is 1. The lowest BCUT2D eigenvalue weighted by Gasteiger charge is -2.21. The summed E-state index contributed by atoms with van der Waals surface area (Å²) in [5.41, 5.74) is 5.13. The minimum Gasteiger partial charge on any atom is -0.491 e. The first-order chi connectivity index (χ1) is 9.70. The molecule has 0 saturated heterocycles. The summed E-state index contributed by atoms with van der Waals surface area (Å²) >= 11 is 0. The number of para-hydroxylation sites is 1. The van der Waals surface area contributed by atoms with Gasteiger partial charge >= 0.3 is 0 Å². The van der Waals surface area contributed by atoms with Gasteiger partial charge in [0.1, 0.15) is 5.75 Å². The van der Waals surface area contributed by atoms with Crippen molar-refractivity contribution in [1.82, 2.24) is 10.4 Å². The smallest absolute Gasteiger partial charge is 0.124 e. The molecule has 3 N–H and O–H groups in total. The molecular formula is C16H21N3O. The molecule has 1 unspecified atom stereocenters. The monoisotopic (exact) mass is 271 g/mol. The number of nitrogens with two attached hydrogens (primary N) is 1. The molecule has 0 aliphatic heterocycles. The minimum atomic E-state index is 0.00681. The van der Waals surface area contributed by atoms with E-state index in [0.717, 1.165) is 17.7 Å². The number of hydrazine groups is 1. The number of rotatable bonds is 6. The van der Waals surface area contributed by atoms with E-state index in [2.05, 4.69) is 10.4 Å². The summed E-state index contributed by atoms with van der Waals surface area (Å²) in [6.45, 7) is 4.04. The van der Waals surface area contributed by atoms with Crippen molar-refractivity contribution in [3.05, 3.63) is 59.9 Å². The van der Waals surface area contributed by atoms with Crippen molar-refractivity contribution in [1.29, 1.82) is 0 Å². The van der Waals surface area contributed by atoms with Gasteiger partial charge in [0, 0.05) is 18.0 Å². The van der Waals surface area contributed by atoms with Gasteiger partial charge < -0.3 is 4.74 Å². The van der Waals surface area contributed by atoms with Gasteiger partial charge in [0.05, 0.1) is 12.1 Å². The van der Waals surface area contributed by atoms with Crippen molar-refractivity contribution in [3.63, 3.8) is 0 Å². The highest BCUT2D eigenvalue weighted by Crippen LogP contribution is 2.27. The summed E-state index contributed by atoms with van der Waals surface area (Å²) in [7, 11) is 0. The number of ether oxygens (including phenoxy) is 1. The molecule has 0 radical (unpaired) electrons. The van der Waals surface area contributed by atoms with Gasteiger partial charge in [-0.25, -0.2) is 0 Å². The van der Waals surface area contributed by atoms with Gasteiger partial charge in [-0.1, -0.05) is 18.2 Å². The Morgan fingerprint density at radius 1 is 1.15 bits per heavy atom. The second kappa shape index (κ2) is 7.03. The first-order valence-corrected chi connectivity index (χ1v) is 6.81. The fourth-order valence-electron chi connectivity index (χ4n) is 2.14. The Morgan fingerprint density at radius 3 is 2.50 bits per heavy atom. The van der Waals surface area contributed by atoms with Gasteiger partial charge in [-0.05, 0) is 44.0 Å². The minimum absolute atomic E-state index is 0.00681. The van der Waals surface area contributed by atoms with Crippen LogP contribution in [0.3, 0.4) is 0 Å². The summed E-state index contributed by atoms with van der Waals surface area (Å²) in [6.07, 6.45) is 4.51. The largest absolute Gasteiger partial charge is 0.491 e. The molecule has 0 amide bonds. The molecule has 0 aliphatic rings. The lowest BCUT2D eigenvalue weighted by atomic mass is 9.99. The maximum atomic E-state index is 5.86. The molecule has 1 aromatic heterocycles. The number of nitrogens with zero attached hydrogens (tertiary/aromatic N) is 1. The molecule has 0 saturated carbocycles. The first-order valence-electron chi connectivity index (χ1n) is 6.81. The maximum absolute atomic E-state index is 5.86. The van der Waals surface area contributed by atoms with Crippen LogP contribution in [0.1, 0.15) is 31.0 Å². The van der Waals surface area contributed by atoms with E-state index in [1.807, 2.05) is 50.2 Å². The summed E-state index contributed by atoms with van der Waals surface area (Å²) in [5.74, 6) is 6.61. The quantitative estimate of drug-likeness (QED) is 0.626. The fraction of sp³-hybridized carbons (Fsp3) is 0.312. The predicted octanol–water partition coefficient (Wildman–Crippen LogP) is 2.62.